The van der Waals surface area contributed by atoms with Crippen LogP contribution in [0, 0.1) is 0 Å². The Labute approximate surface area is 228 Å². The van der Waals surface area contributed by atoms with Crippen molar-refractivity contribution in [2.45, 2.75) is 0 Å². The monoisotopic (exact) mass is 536 g/mol. The van der Waals surface area contributed by atoms with Gasteiger partial charge in [-0.05, 0) is 75.7 Å². The Morgan fingerprint density at radius 1 is 0.514 bits per heavy atom. The normalized spacial score (nSPS) is 11.4. The first-order chi connectivity index (χ1) is 18.1. The molecule has 6 rings (SSSR count). The van der Waals surface area contributed by atoms with Gasteiger partial charge in [0.15, 0.2) is 0 Å². The molecule has 0 aliphatic carbocycles. The smallest absolute Gasteiger partial charge is 0.127 e. The fourth-order valence-corrected chi connectivity index (χ4v) is 7.68. The molecule has 0 fully saturated rings. The van der Waals surface area contributed by atoms with Gasteiger partial charge < -0.3 is 4.74 Å². The van der Waals surface area contributed by atoms with E-state index >= 15 is 0 Å². The molecule has 0 N–H and O–H groups in total. The summed E-state index contributed by atoms with van der Waals surface area (Å²) in [5.74, 6) is 0.860. The van der Waals surface area contributed by atoms with Crippen LogP contribution in [0.1, 0.15) is 0 Å². The summed E-state index contributed by atoms with van der Waals surface area (Å²) in [4.78, 5) is 0. The SMILES string of the molecule is COc1ccc2ccccc2c1-c1c(P(c2ccc(Cl)cc2)c2ccc(Cl)cc2)ccc2ccccc12. The van der Waals surface area contributed by atoms with E-state index in [1.807, 2.05) is 24.3 Å². The van der Waals surface area contributed by atoms with E-state index in [2.05, 4.69) is 97.1 Å². The lowest BCUT2D eigenvalue weighted by atomic mass is 9.93. The van der Waals surface area contributed by atoms with Crippen LogP contribution in [0.3, 0.4) is 0 Å². The van der Waals surface area contributed by atoms with Crippen LogP contribution >= 0.6 is 31.1 Å². The lowest BCUT2D eigenvalue weighted by molar-refractivity contribution is 0.417. The van der Waals surface area contributed by atoms with Gasteiger partial charge >= 0.3 is 0 Å². The Morgan fingerprint density at radius 3 is 1.54 bits per heavy atom. The number of ether oxygens (including phenoxy) is 1. The molecule has 0 saturated heterocycles. The lowest BCUT2D eigenvalue weighted by Crippen LogP contribution is -2.22. The van der Waals surface area contributed by atoms with E-state index in [1.165, 1.54) is 43.0 Å². The Balaban J connectivity index is 1.75. The van der Waals surface area contributed by atoms with Crippen LogP contribution < -0.4 is 20.7 Å². The van der Waals surface area contributed by atoms with Gasteiger partial charge in [0.05, 0.1) is 7.11 Å². The van der Waals surface area contributed by atoms with E-state index in [0.717, 1.165) is 21.4 Å². The van der Waals surface area contributed by atoms with E-state index in [4.69, 9.17) is 27.9 Å². The minimum absolute atomic E-state index is 0.726. The molecule has 1 nitrogen and oxygen atoms in total. The average Bonchev–Trinajstić information content (AvgIpc) is 2.94. The van der Waals surface area contributed by atoms with Crippen LogP contribution in [0.25, 0.3) is 32.7 Å². The molecule has 0 bridgehead atoms. The maximum atomic E-state index is 6.31. The molecular formula is C33H23Cl2OP. The highest BCUT2D eigenvalue weighted by molar-refractivity contribution is 7.80. The summed E-state index contributed by atoms with van der Waals surface area (Å²) in [6.45, 7) is 0. The molecule has 0 amide bonds. The Bertz CT molecular complexity index is 1680. The van der Waals surface area contributed by atoms with Crippen molar-refractivity contribution in [3.8, 4) is 16.9 Å². The van der Waals surface area contributed by atoms with Crippen molar-refractivity contribution >= 4 is 68.6 Å². The largest absolute Gasteiger partial charge is 0.496 e. The van der Waals surface area contributed by atoms with Crippen molar-refractivity contribution in [1.29, 1.82) is 0 Å². The van der Waals surface area contributed by atoms with Crippen molar-refractivity contribution in [1.82, 2.24) is 0 Å². The summed E-state index contributed by atoms with van der Waals surface area (Å²) in [6, 6.07) is 42.3. The fourth-order valence-electron chi connectivity index (χ4n) is 5.00. The Morgan fingerprint density at radius 2 is 1.00 bits per heavy atom. The van der Waals surface area contributed by atoms with E-state index in [-0.39, 0.29) is 0 Å². The highest BCUT2D eigenvalue weighted by Gasteiger charge is 2.25. The van der Waals surface area contributed by atoms with E-state index in [9.17, 15) is 0 Å². The quantitative estimate of drug-likeness (QED) is 0.200. The van der Waals surface area contributed by atoms with Gasteiger partial charge in [-0.1, -0.05) is 114 Å². The van der Waals surface area contributed by atoms with Crippen molar-refractivity contribution in [2.75, 3.05) is 7.11 Å². The van der Waals surface area contributed by atoms with Crippen LogP contribution in [-0.4, -0.2) is 7.11 Å². The molecule has 0 spiro atoms. The number of methoxy groups -OCH3 is 1. The third kappa shape index (κ3) is 4.49. The average molecular weight is 537 g/mol. The van der Waals surface area contributed by atoms with Crippen LogP contribution in [0.15, 0.2) is 121 Å². The molecular weight excluding hydrogens is 514 g/mol. The zero-order chi connectivity index (χ0) is 25.4. The first-order valence-corrected chi connectivity index (χ1v) is 14.1. The second-order valence-electron chi connectivity index (χ2n) is 8.83. The molecule has 0 saturated carbocycles. The lowest BCUT2D eigenvalue weighted by Gasteiger charge is -2.25. The minimum atomic E-state index is -0.934. The molecule has 37 heavy (non-hydrogen) atoms. The molecule has 0 aromatic heterocycles. The van der Waals surface area contributed by atoms with E-state index in [0.29, 0.717) is 0 Å². The number of halogens is 2. The van der Waals surface area contributed by atoms with E-state index in [1.54, 1.807) is 7.11 Å². The first-order valence-electron chi connectivity index (χ1n) is 12.0. The van der Waals surface area contributed by atoms with Gasteiger partial charge in [-0.2, -0.15) is 0 Å². The molecule has 6 aromatic rings. The standard InChI is InChI=1S/C33H23Cl2OP/c1-36-30-20-10-22-6-2-4-8-28(22)32(30)33-29-9-5-3-7-23(29)11-21-31(33)37(26-16-12-24(34)13-17-26)27-18-14-25(35)15-19-27/h2-21H,1H3. The third-order valence-electron chi connectivity index (χ3n) is 6.68. The molecule has 0 aliphatic rings. The van der Waals surface area contributed by atoms with Crippen molar-refractivity contribution in [3.05, 3.63) is 131 Å². The van der Waals surface area contributed by atoms with Gasteiger partial charge in [0.2, 0.25) is 0 Å². The number of fused-ring (bicyclic) bond motifs is 2. The molecule has 0 atom stereocenters. The maximum absolute atomic E-state index is 6.31. The molecule has 180 valence electrons. The highest BCUT2D eigenvalue weighted by atomic mass is 35.5. The van der Waals surface area contributed by atoms with Gasteiger partial charge in [-0.3, -0.25) is 0 Å². The Hall–Kier alpha value is -3.35. The predicted octanol–water partition coefficient (Wildman–Crippen LogP) is 8.73. The van der Waals surface area contributed by atoms with Gasteiger partial charge in [-0.15, -0.1) is 0 Å². The zero-order valence-corrected chi connectivity index (χ0v) is 22.6. The van der Waals surface area contributed by atoms with Crippen LogP contribution in [-0.2, 0) is 0 Å². The molecule has 6 aromatic carbocycles. The zero-order valence-electron chi connectivity index (χ0n) is 20.2. The van der Waals surface area contributed by atoms with Crippen molar-refractivity contribution in [2.24, 2.45) is 0 Å². The molecule has 0 unspecified atom stereocenters. The number of hydrogen-bond donors (Lipinski definition) is 0. The van der Waals surface area contributed by atoms with E-state index < -0.39 is 7.92 Å². The summed E-state index contributed by atoms with van der Waals surface area (Å²) in [5.41, 5.74) is 2.31. The topological polar surface area (TPSA) is 9.23 Å². The van der Waals surface area contributed by atoms with Gasteiger partial charge in [-0.25, -0.2) is 0 Å². The first kappa shape index (κ1) is 24.0. The maximum Gasteiger partial charge on any atom is 0.127 e. The number of benzene rings is 6. The fraction of sp³-hybridized carbons (Fsp3) is 0.0303. The van der Waals surface area contributed by atoms with Gasteiger partial charge in [0, 0.05) is 21.2 Å². The molecule has 0 heterocycles. The number of hydrogen-bond acceptors (Lipinski definition) is 1. The molecule has 0 aliphatic heterocycles. The van der Waals surface area contributed by atoms with Gasteiger partial charge in [0.1, 0.15) is 5.75 Å². The summed E-state index contributed by atoms with van der Waals surface area (Å²) in [6.07, 6.45) is 0. The number of rotatable bonds is 5. The van der Waals surface area contributed by atoms with Gasteiger partial charge in [0.25, 0.3) is 0 Å². The summed E-state index contributed by atoms with van der Waals surface area (Å²) in [7, 11) is 0.816. The van der Waals surface area contributed by atoms with Crippen LogP contribution in [0.4, 0.5) is 0 Å². The van der Waals surface area contributed by atoms with Crippen LogP contribution in [0.5, 0.6) is 5.75 Å². The van der Waals surface area contributed by atoms with Crippen molar-refractivity contribution in [3.63, 3.8) is 0 Å². The van der Waals surface area contributed by atoms with Crippen molar-refractivity contribution < 1.29 is 4.74 Å². The highest BCUT2D eigenvalue weighted by Crippen LogP contribution is 2.45. The third-order valence-corrected chi connectivity index (χ3v) is 9.67. The molecule has 0 radical (unpaired) electrons. The summed E-state index contributed by atoms with van der Waals surface area (Å²) < 4.78 is 6.01. The van der Waals surface area contributed by atoms with Crippen LogP contribution in [0.2, 0.25) is 10.0 Å². The second kappa shape index (κ2) is 10.2. The second-order valence-corrected chi connectivity index (χ2v) is 11.9. The predicted molar refractivity (Wildman–Crippen MR) is 162 cm³/mol. The summed E-state index contributed by atoms with van der Waals surface area (Å²) in [5, 5.41) is 9.89. The summed E-state index contributed by atoms with van der Waals surface area (Å²) >= 11 is 12.6. The molecule has 4 heteroatoms. The Kier molecular flexibility index (Phi) is 6.61. The minimum Gasteiger partial charge on any atom is -0.496 e.